The lowest BCUT2D eigenvalue weighted by atomic mass is 9.94. The number of hydrogen-bond donors (Lipinski definition) is 1. The molecule has 0 saturated carbocycles. The van der Waals surface area contributed by atoms with Crippen LogP contribution in [0.4, 0.5) is 0 Å². The molecule has 3 atom stereocenters. The van der Waals surface area contributed by atoms with Crippen LogP contribution in [0.3, 0.4) is 0 Å². The Morgan fingerprint density at radius 3 is 2.50 bits per heavy atom. The summed E-state index contributed by atoms with van der Waals surface area (Å²) in [6.45, 7) is 8.03. The van der Waals surface area contributed by atoms with Crippen molar-refractivity contribution in [3.63, 3.8) is 0 Å². The molecule has 0 saturated heterocycles. The second-order valence-electron chi connectivity index (χ2n) is 9.14. The van der Waals surface area contributed by atoms with Crippen LogP contribution in [0.25, 0.3) is 0 Å². The standard InChI is InChI=1S/C26H38O6/c1-18(11-7-13-20(3)16-26(29)17-21(4)24(27)32-26)9-6-10-19(2)12-8-14-22-15-23(30-5)31-25(22)28/h9,12,15,17,20,23,29H,6-8,10-11,13-14,16H2,1-5H3/b18-9+,19-12+/t20-,23?,26?/m1/s1. The van der Waals surface area contributed by atoms with Gasteiger partial charge < -0.3 is 19.3 Å². The third-order valence-electron chi connectivity index (χ3n) is 5.94. The maximum Gasteiger partial charge on any atom is 0.336 e. The number of esters is 2. The van der Waals surface area contributed by atoms with Gasteiger partial charge >= 0.3 is 11.9 Å². The summed E-state index contributed by atoms with van der Waals surface area (Å²) >= 11 is 0. The number of methoxy groups -OCH3 is 1. The predicted molar refractivity (Wildman–Crippen MR) is 123 cm³/mol. The summed E-state index contributed by atoms with van der Waals surface area (Å²) in [5.74, 6) is -1.88. The van der Waals surface area contributed by atoms with E-state index in [-0.39, 0.29) is 11.9 Å². The molecule has 0 amide bonds. The molecule has 2 aliphatic heterocycles. The molecular weight excluding hydrogens is 408 g/mol. The molecule has 0 fully saturated rings. The van der Waals surface area contributed by atoms with Crippen LogP contribution in [-0.4, -0.2) is 36.2 Å². The zero-order valence-electron chi connectivity index (χ0n) is 20.1. The highest BCUT2D eigenvalue weighted by molar-refractivity contribution is 5.91. The molecule has 6 heteroatoms. The van der Waals surface area contributed by atoms with Crippen molar-refractivity contribution in [1.82, 2.24) is 0 Å². The van der Waals surface area contributed by atoms with Crippen LogP contribution in [0.15, 0.2) is 46.6 Å². The lowest BCUT2D eigenvalue weighted by Crippen LogP contribution is -2.30. The summed E-state index contributed by atoms with van der Waals surface area (Å²) in [5, 5.41) is 10.4. The summed E-state index contributed by atoms with van der Waals surface area (Å²) in [5.41, 5.74) is 3.85. The van der Waals surface area contributed by atoms with Crippen molar-refractivity contribution < 1.29 is 28.9 Å². The third kappa shape index (κ3) is 8.40. The summed E-state index contributed by atoms with van der Waals surface area (Å²) in [4.78, 5) is 23.2. The molecule has 0 radical (unpaired) electrons. The van der Waals surface area contributed by atoms with Crippen molar-refractivity contribution >= 4 is 11.9 Å². The zero-order valence-corrected chi connectivity index (χ0v) is 20.1. The molecular formula is C26H38O6. The molecule has 0 aromatic heterocycles. The van der Waals surface area contributed by atoms with Crippen LogP contribution in [0.2, 0.25) is 0 Å². The fraction of sp³-hybridized carbons (Fsp3) is 0.615. The number of ether oxygens (including phenoxy) is 3. The Morgan fingerprint density at radius 2 is 1.88 bits per heavy atom. The number of rotatable bonds is 13. The van der Waals surface area contributed by atoms with Crippen LogP contribution < -0.4 is 0 Å². The first-order chi connectivity index (χ1) is 15.1. The van der Waals surface area contributed by atoms with E-state index in [0.717, 1.165) is 38.5 Å². The molecule has 1 N–H and O–H groups in total. The van der Waals surface area contributed by atoms with Crippen molar-refractivity contribution in [1.29, 1.82) is 0 Å². The molecule has 178 valence electrons. The average Bonchev–Trinajstić information content (AvgIpc) is 3.19. The largest absolute Gasteiger partial charge is 0.429 e. The van der Waals surface area contributed by atoms with E-state index in [1.54, 1.807) is 13.0 Å². The molecule has 0 spiro atoms. The fourth-order valence-electron chi connectivity index (χ4n) is 4.07. The summed E-state index contributed by atoms with van der Waals surface area (Å²) < 4.78 is 15.2. The first-order valence-corrected chi connectivity index (χ1v) is 11.5. The Morgan fingerprint density at radius 1 is 1.19 bits per heavy atom. The number of hydrogen-bond acceptors (Lipinski definition) is 6. The van der Waals surface area contributed by atoms with Crippen molar-refractivity contribution in [2.45, 2.75) is 91.1 Å². The summed E-state index contributed by atoms with van der Waals surface area (Å²) in [6, 6.07) is 0. The van der Waals surface area contributed by atoms with Gasteiger partial charge in [0.25, 0.3) is 0 Å². The van der Waals surface area contributed by atoms with Gasteiger partial charge in [-0.25, -0.2) is 9.59 Å². The molecule has 2 rings (SSSR count). The first-order valence-electron chi connectivity index (χ1n) is 11.5. The van der Waals surface area contributed by atoms with E-state index >= 15 is 0 Å². The smallest absolute Gasteiger partial charge is 0.336 e. The minimum absolute atomic E-state index is 0.263. The van der Waals surface area contributed by atoms with Gasteiger partial charge in [0, 0.05) is 24.7 Å². The Bertz CT molecular complexity index is 803. The molecule has 2 unspecified atom stereocenters. The second kappa shape index (κ2) is 12.2. The van der Waals surface area contributed by atoms with Gasteiger partial charge in [-0.2, -0.15) is 0 Å². The molecule has 2 aliphatic rings. The minimum atomic E-state index is -1.44. The second-order valence-corrected chi connectivity index (χ2v) is 9.14. The predicted octanol–water partition coefficient (Wildman–Crippen LogP) is 5.28. The van der Waals surface area contributed by atoms with E-state index in [1.165, 1.54) is 24.3 Å². The van der Waals surface area contributed by atoms with Crippen LogP contribution in [0.5, 0.6) is 0 Å². The first kappa shape index (κ1) is 26.1. The highest BCUT2D eigenvalue weighted by Crippen LogP contribution is 2.30. The number of carbonyl (C=O) groups is 2. The lowest BCUT2D eigenvalue weighted by Gasteiger charge is -2.23. The summed E-state index contributed by atoms with van der Waals surface area (Å²) in [6.07, 6.45) is 14.2. The van der Waals surface area contributed by atoms with Crippen molar-refractivity contribution in [3.05, 3.63) is 46.6 Å². The highest BCUT2D eigenvalue weighted by Gasteiger charge is 2.37. The highest BCUT2D eigenvalue weighted by atomic mass is 16.7. The van der Waals surface area contributed by atoms with E-state index < -0.39 is 18.0 Å². The van der Waals surface area contributed by atoms with E-state index in [1.807, 2.05) is 0 Å². The number of allylic oxidation sites excluding steroid dienone is 4. The van der Waals surface area contributed by atoms with Crippen molar-refractivity contribution in [2.75, 3.05) is 7.11 Å². The van der Waals surface area contributed by atoms with E-state index in [0.29, 0.717) is 24.0 Å². The normalized spacial score (nSPS) is 24.9. The van der Waals surface area contributed by atoms with Crippen LogP contribution in [0.1, 0.15) is 79.1 Å². The molecule has 32 heavy (non-hydrogen) atoms. The Balaban J connectivity index is 1.62. The van der Waals surface area contributed by atoms with Gasteiger partial charge in [0.15, 0.2) is 0 Å². The van der Waals surface area contributed by atoms with Gasteiger partial charge in [-0.1, -0.05) is 36.6 Å². The van der Waals surface area contributed by atoms with Crippen molar-refractivity contribution in [2.24, 2.45) is 5.92 Å². The molecule has 0 aromatic carbocycles. The third-order valence-corrected chi connectivity index (χ3v) is 5.94. The van der Waals surface area contributed by atoms with E-state index in [9.17, 15) is 14.7 Å². The average molecular weight is 447 g/mol. The van der Waals surface area contributed by atoms with Crippen LogP contribution in [0, 0.1) is 5.92 Å². The lowest BCUT2D eigenvalue weighted by molar-refractivity contribution is -0.183. The molecule has 6 nitrogen and oxygen atoms in total. The molecule has 0 aromatic rings. The van der Waals surface area contributed by atoms with Gasteiger partial charge in [-0.15, -0.1) is 0 Å². The minimum Gasteiger partial charge on any atom is -0.429 e. The monoisotopic (exact) mass is 446 g/mol. The Labute approximate surface area is 192 Å². The molecule has 0 aliphatic carbocycles. The van der Waals surface area contributed by atoms with Gasteiger partial charge in [0.2, 0.25) is 12.1 Å². The number of cyclic esters (lactones) is 2. The maximum atomic E-state index is 11.7. The molecule has 0 bridgehead atoms. The number of carbonyl (C=O) groups excluding carboxylic acids is 2. The van der Waals surface area contributed by atoms with E-state index in [2.05, 4.69) is 32.9 Å². The Kier molecular flexibility index (Phi) is 9.91. The quantitative estimate of drug-likeness (QED) is 0.306. The number of aliphatic hydroxyl groups is 1. The maximum absolute atomic E-state index is 11.7. The fourth-order valence-corrected chi connectivity index (χ4v) is 4.07. The summed E-state index contributed by atoms with van der Waals surface area (Å²) in [7, 11) is 1.52. The van der Waals surface area contributed by atoms with Crippen molar-refractivity contribution in [3.8, 4) is 0 Å². The van der Waals surface area contributed by atoms with Gasteiger partial charge in [0.1, 0.15) is 0 Å². The van der Waals surface area contributed by atoms with Gasteiger partial charge in [0.05, 0.1) is 0 Å². The van der Waals surface area contributed by atoms with Gasteiger partial charge in [-0.05, 0) is 77.4 Å². The van der Waals surface area contributed by atoms with Crippen LogP contribution in [-0.2, 0) is 23.8 Å². The SMILES string of the molecule is COC1C=C(CC/C=C(\C)CC/C=C(\C)CCC[C@@H](C)CC2(O)C=C(C)C(=O)O2)C(=O)O1. The van der Waals surface area contributed by atoms with Gasteiger partial charge in [-0.3, -0.25) is 0 Å². The van der Waals surface area contributed by atoms with Crippen LogP contribution >= 0.6 is 0 Å². The zero-order chi connectivity index (χ0) is 23.7. The Hall–Kier alpha value is -2.18. The van der Waals surface area contributed by atoms with E-state index in [4.69, 9.17) is 14.2 Å². The topological polar surface area (TPSA) is 82.1 Å². The molecule has 2 heterocycles.